The molecule has 0 unspecified atom stereocenters. The van der Waals surface area contributed by atoms with Crippen LogP contribution in [0.25, 0.3) is 0 Å². The van der Waals surface area contributed by atoms with E-state index in [4.69, 9.17) is 14.2 Å². The average Bonchev–Trinajstić information content (AvgIpc) is 2.77. The molecule has 0 bridgehead atoms. The number of aryl methyl sites for hydroxylation is 2. The smallest absolute Gasteiger partial charge is 0.262 e. The quantitative estimate of drug-likeness (QED) is 0.487. The molecule has 0 saturated heterocycles. The van der Waals surface area contributed by atoms with Crippen molar-refractivity contribution in [2.75, 3.05) is 30.9 Å². The molecular weight excluding hydrogens is 444 g/mol. The van der Waals surface area contributed by atoms with Crippen LogP contribution in [0.15, 0.2) is 65.6 Å². The summed E-state index contributed by atoms with van der Waals surface area (Å²) in [5, 5.41) is 2.70. The molecule has 0 saturated carbocycles. The van der Waals surface area contributed by atoms with Gasteiger partial charge in [0.25, 0.3) is 15.9 Å². The molecule has 0 aliphatic carbocycles. The number of anilines is 2. The third-order valence-corrected chi connectivity index (χ3v) is 6.04. The molecule has 1 amide bonds. The molecule has 0 atom stereocenters. The van der Waals surface area contributed by atoms with Crippen molar-refractivity contribution in [3.05, 3.63) is 71.8 Å². The molecule has 33 heavy (non-hydrogen) atoms. The Labute approximate surface area is 193 Å². The van der Waals surface area contributed by atoms with Crippen LogP contribution in [0.1, 0.15) is 11.1 Å². The number of methoxy groups -OCH3 is 2. The van der Waals surface area contributed by atoms with Crippen molar-refractivity contribution >= 4 is 27.3 Å². The number of ether oxygens (including phenoxy) is 3. The second-order valence-electron chi connectivity index (χ2n) is 7.36. The summed E-state index contributed by atoms with van der Waals surface area (Å²) in [5.74, 6) is 1.02. The molecule has 0 aliphatic heterocycles. The van der Waals surface area contributed by atoms with E-state index >= 15 is 0 Å². The first-order valence-corrected chi connectivity index (χ1v) is 11.5. The van der Waals surface area contributed by atoms with E-state index in [1.807, 2.05) is 19.9 Å². The minimum Gasteiger partial charge on any atom is -0.493 e. The standard InChI is InChI=1S/C24H26N2O6S/c1-16-11-17(2)13-19(12-16)26-33(28,29)21-8-6-20(7-9-21)32-15-24(27)25-18-5-10-22(30-3)23(14-18)31-4/h5-14,26H,15H2,1-4H3,(H,25,27). The summed E-state index contributed by atoms with van der Waals surface area (Å²) in [6, 6.07) is 16.3. The Morgan fingerprint density at radius 2 is 1.45 bits per heavy atom. The van der Waals surface area contributed by atoms with Gasteiger partial charge in [-0.05, 0) is 73.5 Å². The molecular formula is C24H26N2O6S. The van der Waals surface area contributed by atoms with Crippen molar-refractivity contribution in [1.29, 1.82) is 0 Å². The maximum Gasteiger partial charge on any atom is 0.262 e. The lowest BCUT2D eigenvalue weighted by atomic mass is 10.1. The Morgan fingerprint density at radius 1 is 0.818 bits per heavy atom. The number of rotatable bonds is 9. The van der Waals surface area contributed by atoms with Crippen molar-refractivity contribution in [3.8, 4) is 17.2 Å². The highest BCUT2D eigenvalue weighted by Gasteiger charge is 2.15. The van der Waals surface area contributed by atoms with Crippen LogP contribution in [0.5, 0.6) is 17.2 Å². The zero-order valence-electron chi connectivity index (χ0n) is 18.8. The summed E-state index contributed by atoms with van der Waals surface area (Å²) in [7, 11) is -0.719. The Balaban J connectivity index is 1.59. The van der Waals surface area contributed by atoms with E-state index in [-0.39, 0.29) is 17.4 Å². The van der Waals surface area contributed by atoms with Gasteiger partial charge in [0, 0.05) is 17.4 Å². The second kappa shape index (κ2) is 10.3. The van der Waals surface area contributed by atoms with Gasteiger partial charge in [-0.3, -0.25) is 9.52 Å². The summed E-state index contributed by atoms with van der Waals surface area (Å²) in [6.45, 7) is 3.55. The minimum atomic E-state index is -3.75. The van der Waals surface area contributed by atoms with Crippen molar-refractivity contribution in [1.82, 2.24) is 0 Å². The van der Waals surface area contributed by atoms with Gasteiger partial charge in [-0.25, -0.2) is 8.42 Å². The molecule has 8 nitrogen and oxygen atoms in total. The lowest BCUT2D eigenvalue weighted by Crippen LogP contribution is -2.20. The maximum absolute atomic E-state index is 12.7. The van der Waals surface area contributed by atoms with Gasteiger partial charge in [0.2, 0.25) is 0 Å². The van der Waals surface area contributed by atoms with Crippen LogP contribution in [-0.4, -0.2) is 35.2 Å². The normalized spacial score (nSPS) is 10.9. The number of carbonyl (C=O) groups excluding carboxylic acids is 1. The summed E-state index contributed by atoms with van der Waals surface area (Å²) >= 11 is 0. The summed E-state index contributed by atoms with van der Waals surface area (Å²) in [5.41, 5.74) is 2.95. The maximum atomic E-state index is 12.7. The largest absolute Gasteiger partial charge is 0.493 e. The van der Waals surface area contributed by atoms with Gasteiger partial charge in [-0.1, -0.05) is 6.07 Å². The van der Waals surface area contributed by atoms with Crippen LogP contribution in [0.2, 0.25) is 0 Å². The van der Waals surface area contributed by atoms with Crippen molar-refractivity contribution in [2.24, 2.45) is 0 Å². The van der Waals surface area contributed by atoms with Crippen LogP contribution in [-0.2, 0) is 14.8 Å². The van der Waals surface area contributed by atoms with E-state index in [9.17, 15) is 13.2 Å². The van der Waals surface area contributed by atoms with Gasteiger partial charge in [0.15, 0.2) is 18.1 Å². The highest BCUT2D eigenvalue weighted by molar-refractivity contribution is 7.92. The van der Waals surface area contributed by atoms with Crippen LogP contribution in [0, 0.1) is 13.8 Å². The van der Waals surface area contributed by atoms with E-state index in [1.165, 1.54) is 38.5 Å². The molecule has 2 N–H and O–H groups in total. The number of carbonyl (C=O) groups is 1. The van der Waals surface area contributed by atoms with E-state index < -0.39 is 10.0 Å². The van der Waals surface area contributed by atoms with Crippen molar-refractivity contribution in [2.45, 2.75) is 18.7 Å². The van der Waals surface area contributed by atoms with Gasteiger partial charge in [-0.2, -0.15) is 0 Å². The number of nitrogens with one attached hydrogen (secondary N) is 2. The molecule has 0 heterocycles. The molecule has 3 rings (SSSR count). The van der Waals surface area contributed by atoms with Crippen LogP contribution < -0.4 is 24.2 Å². The zero-order valence-corrected chi connectivity index (χ0v) is 19.7. The first kappa shape index (κ1) is 23.9. The minimum absolute atomic E-state index is 0.0868. The molecule has 3 aromatic rings. The summed E-state index contributed by atoms with van der Waals surface area (Å²) < 4.78 is 43.8. The predicted octanol–water partition coefficient (Wildman–Crippen LogP) is 4.14. The molecule has 0 spiro atoms. The van der Waals surface area contributed by atoms with Gasteiger partial charge in [0.05, 0.1) is 19.1 Å². The van der Waals surface area contributed by atoms with Crippen LogP contribution >= 0.6 is 0 Å². The third kappa shape index (κ3) is 6.39. The number of hydrogen-bond acceptors (Lipinski definition) is 6. The highest BCUT2D eigenvalue weighted by atomic mass is 32.2. The molecule has 0 fully saturated rings. The lowest BCUT2D eigenvalue weighted by molar-refractivity contribution is -0.118. The molecule has 0 aromatic heterocycles. The predicted molar refractivity (Wildman–Crippen MR) is 127 cm³/mol. The first-order valence-electron chi connectivity index (χ1n) is 10.1. The first-order chi connectivity index (χ1) is 15.7. The fraction of sp³-hybridized carbons (Fsp3) is 0.208. The van der Waals surface area contributed by atoms with Crippen molar-refractivity contribution in [3.63, 3.8) is 0 Å². The van der Waals surface area contributed by atoms with E-state index in [0.29, 0.717) is 28.6 Å². The fourth-order valence-corrected chi connectivity index (χ4v) is 4.26. The zero-order chi connectivity index (χ0) is 24.0. The van der Waals surface area contributed by atoms with Gasteiger partial charge >= 0.3 is 0 Å². The number of amides is 1. The Bertz CT molecular complexity index is 1220. The van der Waals surface area contributed by atoms with Crippen LogP contribution in [0.4, 0.5) is 11.4 Å². The van der Waals surface area contributed by atoms with Gasteiger partial charge < -0.3 is 19.5 Å². The molecule has 0 radical (unpaired) electrons. The Hall–Kier alpha value is -3.72. The van der Waals surface area contributed by atoms with Crippen LogP contribution in [0.3, 0.4) is 0 Å². The summed E-state index contributed by atoms with van der Waals surface area (Å²) in [6.07, 6.45) is 0. The lowest BCUT2D eigenvalue weighted by Gasteiger charge is -2.12. The molecule has 0 aliphatic rings. The number of sulfonamides is 1. The van der Waals surface area contributed by atoms with E-state index in [1.54, 1.807) is 30.3 Å². The van der Waals surface area contributed by atoms with E-state index in [0.717, 1.165) is 11.1 Å². The molecule has 3 aromatic carbocycles. The number of hydrogen-bond donors (Lipinski definition) is 2. The third-order valence-electron chi connectivity index (χ3n) is 4.65. The second-order valence-corrected chi connectivity index (χ2v) is 9.04. The summed E-state index contributed by atoms with van der Waals surface area (Å²) in [4.78, 5) is 12.3. The van der Waals surface area contributed by atoms with E-state index in [2.05, 4.69) is 10.0 Å². The highest BCUT2D eigenvalue weighted by Crippen LogP contribution is 2.29. The molecule has 174 valence electrons. The van der Waals surface area contributed by atoms with Gasteiger partial charge in [-0.15, -0.1) is 0 Å². The molecule has 9 heteroatoms. The SMILES string of the molecule is COc1ccc(NC(=O)COc2ccc(S(=O)(=O)Nc3cc(C)cc(C)c3)cc2)cc1OC. The Kier molecular flexibility index (Phi) is 7.44. The topological polar surface area (TPSA) is 103 Å². The average molecular weight is 471 g/mol. The fourth-order valence-electron chi connectivity index (χ4n) is 3.22. The monoisotopic (exact) mass is 470 g/mol. The Morgan fingerprint density at radius 3 is 2.06 bits per heavy atom. The van der Waals surface area contributed by atoms with Crippen molar-refractivity contribution < 1.29 is 27.4 Å². The van der Waals surface area contributed by atoms with Gasteiger partial charge in [0.1, 0.15) is 5.75 Å². The number of benzene rings is 3.